The van der Waals surface area contributed by atoms with Gasteiger partial charge in [0.2, 0.25) is 5.82 Å². The van der Waals surface area contributed by atoms with Crippen molar-refractivity contribution >= 4 is 5.69 Å². The second-order valence-electron chi connectivity index (χ2n) is 3.90. The number of nitro benzene ring substituents is 1. The zero-order chi connectivity index (χ0) is 14.7. The second kappa shape index (κ2) is 5.60. The van der Waals surface area contributed by atoms with Crippen LogP contribution in [0.3, 0.4) is 0 Å². The van der Waals surface area contributed by atoms with E-state index in [9.17, 15) is 23.3 Å². The van der Waals surface area contributed by atoms with Gasteiger partial charge in [-0.15, -0.1) is 0 Å². The first-order chi connectivity index (χ1) is 9.47. The Morgan fingerprint density at radius 2 is 1.75 bits per heavy atom. The number of benzene rings is 2. The van der Waals surface area contributed by atoms with E-state index in [1.54, 1.807) is 0 Å². The van der Waals surface area contributed by atoms with E-state index in [1.807, 2.05) is 0 Å². The Labute approximate surface area is 111 Å². The van der Waals surface area contributed by atoms with Gasteiger partial charge >= 0.3 is 5.69 Å². The number of nitrogens with zero attached hydrogens (tertiary/aromatic N) is 1. The lowest BCUT2D eigenvalue weighted by atomic mass is 10.2. The van der Waals surface area contributed by atoms with Gasteiger partial charge in [0.25, 0.3) is 0 Å². The molecule has 4 nitrogen and oxygen atoms in total. The van der Waals surface area contributed by atoms with Gasteiger partial charge < -0.3 is 4.74 Å². The largest absolute Gasteiger partial charge is 0.489 e. The van der Waals surface area contributed by atoms with Crippen LogP contribution in [0, 0.1) is 27.6 Å². The number of nitro groups is 1. The Balaban J connectivity index is 2.19. The lowest BCUT2D eigenvalue weighted by molar-refractivity contribution is -0.387. The number of hydrogen-bond donors (Lipinski definition) is 0. The second-order valence-corrected chi connectivity index (χ2v) is 3.90. The number of halogens is 3. The van der Waals surface area contributed by atoms with E-state index in [0.29, 0.717) is 6.07 Å². The van der Waals surface area contributed by atoms with Crippen molar-refractivity contribution < 1.29 is 22.8 Å². The minimum absolute atomic E-state index is 0.0798. The van der Waals surface area contributed by atoms with Gasteiger partial charge in [0.15, 0.2) is 0 Å². The normalized spacial score (nSPS) is 10.3. The summed E-state index contributed by atoms with van der Waals surface area (Å²) < 4.78 is 44.6. The van der Waals surface area contributed by atoms with Crippen LogP contribution in [0.15, 0.2) is 36.4 Å². The highest BCUT2D eigenvalue weighted by Gasteiger charge is 2.17. The maximum atomic E-state index is 13.7. The van der Waals surface area contributed by atoms with Crippen molar-refractivity contribution in [3.63, 3.8) is 0 Å². The maximum absolute atomic E-state index is 13.7. The van der Waals surface area contributed by atoms with Crippen LogP contribution >= 0.6 is 0 Å². The molecule has 0 aliphatic heterocycles. The molecule has 0 spiro atoms. The van der Waals surface area contributed by atoms with Crippen LogP contribution in [0.4, 0.5) is 18.9 Å². The molecule has 104 valence electrons. The van der Waals surface area contributed by atoms with E-state index in [0.717, 1.165) is 18.2 Å². The molecule has 0 N–H and O–H groups in total. The highest BCUT2D eigenvalue weighted by atomic mass is 19.1. The quantitative estimate of drug-likeness (QED) is 0.636. The maximum Gasteiger partial charge on any atom is 0.305 e. The number of ether oxygens (including phenoxy) is 1. The number of rotatable bonds is 4. The van der Waals surface area contributed by atoms with Crippen LogP contribution in [-0.2, 0) is 6.61 Å². The molecule has 2 aromatic carbocycles. The highest BCUT2D eigenvalue weighted by molar-refractivity contribution is 5.36. The predicted molar refractivity (Wildman–Crippen MR) is 63.7 cm³/mol. The summed E-state index contributed by atoms with van der Waals surface area (Å²) in [6.07, 6.45) is 0. The van der Waals surface area contributed by atoms with Gasteiger partial charge in [0, 0.05) is 29.8 Å². The van der Waals surface area contributed by atoms with Crippen molar-refractivity contribution in [3.05, 3.63) is 69.5 Å². The average Bonchev–Trinajstić information content (AvgIpc) is 2.36. The van der Waals surface area contributed by atoms with Crippen molar-refractivity contribution in [1.82, 2.24) is 0 Å². The fourth-order valence-corrected chi connectivity index (χ4v) is 1.59. The Hall–Kier alpha value is -2.57. The molecule has 0 bridgehead atoms. The molecule has 0 radical (unpaired) electrons. The molecule has 20 heavy (non-hydrogen) atoms. The summed E-state index contributed by atoms with van der Waals surface area (Å²) in [7, 11) is 0. The van der Waals surface area contributed by atoms with E-state index in [1.165, 1.54) is 12.1 Å². The molecule has 0 amide bonds. The molecule has 0 saturated heterocycles. The molecular formula is C13H8F3NO3. The van der Waals surface area contributed by atoms with Gasteiger partial charge in [0.05, 0.1) is 4.92 Å². The van der Waals surface area contributed by atoms with E-state index < -0.39 is 28.1 Å². The van der Waals surface area contributed by atoms with Gasteiger partial charge in [0.1, 0.15) is 24.0 Å². The third-order valence-electron chi connectivity index (χ3n) is 2.49. The summed E-state index contributed by atoms with van der Waals surface area (Å²) in [6.45, 7) is -0.379. The zero-order valence-electron chi connectivity index (χ0n) is 9.98. The first-order valence-corrected chi connectivity index (χ1v) is 5.48. The Kier molecular flexibility index (Phi) is 3.88. The fourth-order valence-electron chi connectivity index (χ4n) is 1.59. The summed E-state index contributed by atoms with van der Waals surface area (Å²) in [4.78, 5) is 9.70. The van der Waals surface area contributed by atoms with Gasteiger partial charge in [-0.1, -0.05) is 12.1 Å². The van der Waals surface area contributed by atoms with E-state index in [2.05, 4.69) is 0 Å². The van der Waals surface area contributed by atoms with Crippen molar-refractivity contribution in [3.8, 4) is 5.75 Å². The standard InChI is InChI=1S/C13H8F3NO3/c14-9-4-10(15)6-11(5-9)20-7-8-2-1-3-12(13(8)16)17(18)19/h1-6H,7H2. The van der Waals surface area contributed by atoms with Crippen LogP contribution in [0.25, 0.3) is 0 Å². The van der Waals surface area contributed by atoms with Crippen molar-refractivity contribution in [2.45, 2.75) is 6.61 Å². The summed E-state index contributed by atoms with van der Waals surface area (Å²) in [5.41, 5.74) is -0.764. The molecule has 0 aromatic heterocycles. The zero-order valence-corrected chi connectivity index (χ0v) is 9.98. The predicted octanol–water partition coefficient (Wildman–Crippen LogP) is 3.59. The van der Waals surface area contributed by atoms with E-state index in [-0.39, 0.29) is 17.9 Å². The molecule has 0 heterocycles. The monoisotopic (exact) mass is 283 g/mol. The molecule has 0 unspecified atom stereocenters. The van der Waals surface area contributed by atoms with Crippen LogP contribution < -0.4 is 4.74 Å². The van der Waals surface area contributed by atoms with E-state index in [4.69, 9.17) is 4.74 Å². The minimum atomic E-state index is -1.03. The molecule has 2 aromatic rings. The molecule has 0 atom stereocenters. The van der Waals surface area contributed by atoms with Crippen molar-refractivity contribution in [2.24, 2.45) is 0 Å². The summed E-state index contributed by atoms with van der Waals surface area (Å²) in [5, 5.41) is 10.6. The Bertz CT molecular complexity index is 641. The molecule has 0 fully saturated rings. The lowest BCUT2D eigenvalue weighted by Crippen LogP contribution is -2.02. The van der Waals surface area contributed by atoms with Crippen molar-refractivity contribution in [2.75, 3.05) is 0 Å². The van der Waals surface area contributed by atoms with Crippen LogP contribution in [-0.4, -0.2) is 4.92 Å². The Morgan fingerprint density at radius 3 is 2.35 bits per heavy atom. The van der Waals surface area contributed by atoms with E-state index >= 15 is 0 Å². The van der Waals surface area contributed by atoms with Crippen LogP contribution in [0.2, 0.25) is 0 Å². The van der Waals surface area contributed by atoms with Crippen LogP contribution in [0.5, 0.6) is 5.75 Å². The highest BCUT2D eigenvalue weighted by Crippen LogP contribution is 2.22. The number of hydrogen-bond acceptors (Lipinski definition) is 3. The average molecular weight is 283 g/mol. The SMILES string of the molecule is O=[N+]([O-])c1cccc(COc2cc(F)cc(F)c2)c1F. The first kappa shape index (κ1) is 13.9. The van der Waals surface area contributed by atoms with Crippen LogP contribution in [0.1, 0.15) is 5.56 Å². The van der Waals surface area contributed by atoms with Gasteiger partial charge in [-0.2, -0.15) is 4.39 Å². The molecule has 0 aliphatic rings. The summed E-state index contributed by atoms with van der Waals surface area (Å²) >= 11 is 0. The third kappa shape index (κ3) is 3.05. The fraction of sp³-hybridized carbons (Fsp3) is 0.0769. The van der Waals surface area contributed by atoms with Gasteiger partial charge in [-0.3, -0.25) is 10.1 Å². The smallest absolute Gasteiger partial charge is 0.305 e. The topological polar surface area (TPSA) is 52.4 Å². The molecule has 0 saturated carbocycles. The first-order valence-electron chi connectivity index (χ1n) is 5.48. The third-order valence-corrected chi connectivity index (χ3v) is 2.49. The summed E-state index contributed by atoms with van der Waals surface area (Å²) in [5.74, 6) is -2.83. The molecular weight excluding hydrogens is 275 g/mol. The summed E-state index contributed by atoms with van der Waals surface area (Å²) in [6, 6.07) is 6.13. The van der Waals surface area contributed by atoms with Gasteiger partial charge in [-0.05, 0) is 0 Å². The van der Waals surface area contributed by atoms with Crippen molar-refractivity contribution in [1.29, 1.82) is 0 Å². The molecule has 0 aliphatic carbocycles. The minimum Gasteiger partial charge on any atom is -0.489 e. The molecule has 7 heteroatoms. The van der Waals surface area contributed by atoms with Gasteiger partial charge in [-0.25, -0.2) is 8.78 Å². The lowest BCUT2D eigenvalue weighted by Gasteiger charge is -2.07. The molecule has 2 rings (SSSR count). The Morgan fingerprint density at radius 1 is 1.10 bits per heavy atom.